The van der Waals surface area contributed by atoms with Gasteiger partial charge in [0.1, 0.15) is 11.4 Å². The first-order valence-electron chi connectivity index (χ1n) is 9.92. The molecule has 156 valence electrons. The first kappa shape index (κ1) is 19.0. The van der Waals surface area contributed by atoms with Crippen molar-refractivity contribution >= 4 is 17.2 Å². The van der Waals surface area contributed by atoms with Crippen LogP contribution in [0.4, 0.5) is 5.69 Å². The second-order valence-electron chi connectivity index (χ2n) is 7.38. The number of imidazole rings is 1. The number of nitrogens with zero attached hydrogens (tertiary/aromatic N) is 2. The number of fused-ring (bicyclic) bond motifs is 2. The summed E-state index contributed by atoms with van der Waals surface area (Å²) in [6.07, 6.45) is 4.15. The van der Waals surface area contributed by atoms with Gasteiger partial charge in [-0.25, -0.2) is 4.98 Å². The lowest BCUT2D eigenvalue weighted by Gasteiger charge is -2.12. The van der Waals surface area contributed by atoms with Gasteiger partial charge in [0, 0.05) is 18.0 Å². The summed E-state index contributed by atoms with van der Waals surface area (Å²) < 4.78 is 18.2. The maximum absolute atomic E-state index is 12.7. The third kappa shape index (κ3) is 3.66. The lowest BCUT2D eigenvalue weighted by molar-refractivity contribution is -0.115. The van der Waals surface area contributed by atoms with E-state index < -0.39 is 0 Å². The SMILES string of the molecule is COc1ccc(-c2cn3cccc(C)c3n2)cc1NC(=O)Cc1ccc2c(c1)OCO2. The maximum atomic E-state index is 12.7. The number of carbonyl (C=O) groups excluding carboxylic acids is 1. The van der Waals surface area contributed by atoms with Gasteiger partial charge in [0.05, 0.1) is 24.9 Å². The standard InChI is InChI=1S/C24H21N3O4/c1-15-4-3-9-27-13-19(26-24(15)27)17-6-8-20(29-2)18(12-17)25-23(28)11-16-5-7-21-22(10-16)31-14-30-21/h3-10,12-13H,11,14H2,1-2H3,(H,25,28). The highest BCUT2D eigenvalue weighted by atomic mass is 16.7. The highest BCUT2D eigenvalue weighted by Crippen LogP contribution is 2.33. The van der Waals surface area contributed by atoms with Gasteiger partial charge in [-0.15, -0.1) is 0 Å². The molecule has 1 aliphatic rings. The number of hydrogen-bond acceptors (Lipinski definition) is 5. The Morgan fingerprint density at radius 2 is 2.03 bits per heavy atom. The summed E-state index contributed by atoms with van der Waals surface area (Å²) >= 11 is 0. The van der Waals surface area contributed by atoms with E-state index in [1.165, 1.54) is 0 Å². The van der Waals surface area contributed by atoms with Gasteiger partial charge in [0.2, 0.25) is 12.7 Å². The Balaban J connectivity index is 1.40. The number of benzene rings is 2. The van der Waals surface area contributed by atoms with Gasteiger partial charge >= 0.3 is 0 Å². The first-order chi connectivity index (χ1) is 15.1. The van der Waals surface area contributed by atoms with E-state index in [4.69, 9.17) is 19.2 Å². The zero-order chi connectivity index (χ0) is 21.4. The predicted molar refractivity (Wildman–Crippen MR) is 117 cm³/mol. The minimum Gasteiger partial charge on any atom is -0.495 e. The predicted octanol–water partition coefficient (Wildman–Crippen LogP) is 4.23. The molecule has 0 bridgehead atoms. The van der Waals surface area contributed by atoms with Crippen molar-refractivity contribution in [3.05, 3.63) is 72.1 Å². The van der Waals surface area contributed by atoms with E-state index in [0.29, 0.717) is 22.9 Å². The molecule has 0 fully saturated rings. The Hall–Kier alpha value is -4.00. The second kappa shape index (κ2) is 7.68. The highest BCUT2D eigenvalue weighted by molar-refractivity contribution is 5.94. The lowest BCUT2D eigenvalue weighted by atomic mass is 10.1. The van der Waals surface area contributed by atoms with Crippen LogP contribution in [0.1, 0.15) is 11.1 Å². The average molecular weight is 415 g/mol. The van der Waals surface area contributed by atoms with E-state index in [-0.39, 0.29) is 19.1 Å². The number of nitrogens with one attached hydrogen (secondary N) is 1. The number of carbonyl (C=O) groups is 1. The Kier molecular flexibility index (Phi) is 4.71. The molecule has 0 spiro atoms. The number of ether oxygens (including phenoxy) is 3. The summed E-state index contributed by atoms with van der Waals surface area (Å²) in [6, 6.07) is 15.2. The third-order valence-electron chi connectivity index (χ3n) is 5.25. The monoisotopic (exact) mass is 415 g/mol. The van der Waals surface area contributed by atoms with E-state index in [9.17, 15) is 4.79 Å². The van der Waals surface area contributed by atoms with Crippen molar-refractivity contribution in [2.45, 2.75) is 13.3 Å². The molecule has 0 unspecified atom stereocenters. The van der Waals surface area contributed by atoms with Gasteiger partial charge in [-0.2, -0.15) is 0 Å². The molecule has 1 N–H and O–H groups in total. The molecule has 5 rings (SSSR count). The minimum absolute atomic E-state index is 0.153. The fourth-order valence-electron chi connectivity index (χ4n) is 3.69. The molecule has 7 nitrogen and oxygen atoms in total. The van der Waals surface area contributed by atoms with Crippen LogP contribution in [0.5, 0.6) is 17.2 Å². The lowest BCUT2D eigenvalue weighted by Crippen LogP contribution is -2.15. The van der Waals surface area contributed by atoms with Crippen molar-refractivity contribution < 1.29 is 19.0 Å². The number of amides is 1. The number of anilines is 1. The summed E-state index contributed by atoms with van der Waals surface area (Å²) in [7, 11) is 1.58. The van der Waals surface area contributed by atoms with Crippen molar-refractivity contribution in [3.63, 3.8) is 0 Å². The molecule has 2 aromatic heterocycles. The van der Waals surface area contributed by atoms with E-state index in [1.807, 2.05) is 72.2 Å². The summed E-state index contributed by atoms with van der Waals surface area (Å²) in [5.41, 5.74) is 5.15. The van der Waals surface area contributed by atoms with Crippen LogP contribution in [0.25, 0.3) is 16.9 Å². The Bertz CT molecular complexity index is 1300. The number of pyridine rings is 1. The molecule has 2 aromatic carbocycles. The van der Waals surface area contributed by atoms with Crippen molar-refractivity contribution in [2.24, 2.45) is 0 Å². The molecule has 0 radical (unpaired) electrons. The average Bonchev–Trinajstić information content (AvgIpc) is 3.41. The Morgan fingerprint density at radius 1 is 1.16 bits per heavy atom. The molecule has 1 amide bonds. The molecule has 4 aromatic rings. The molecule has 0 atom stereocenters. The Morgan fingerprint density at radius 3 is 2.87 bits per heavy atom. The molecule has 7 heteroatoms. The van der Waals surface area contributed by atoms with Crippen LogP contribution in [0.15, 0.2) is 60.9 Å². The molecule has 3 heterocycles. The van der Waals surface area contributed by atoms with Gasteiger partial charge in [0.25, 0.3) is 0 Å². The van der Waals surface area contributed by atoms with Crippen LogP contribution in [-0.2, 0) is 11.2 Å². The van der Waals surface area contributed by atoms with Gasteiger partial charge in [-0.1, -0.05) is 12.1 Å². The van der Waals surface area contributed by atoms with E-state index in [0.717, 1.165) is 28.0 Å². The van der Waals surface area contributed by atoms with E-state index in [1.54, 1.807) is 7.11 Å². The van der Waals surface area contributed by atoms with Gasteiger partial charge in [-0.3, -0.25) is 4.79 Å². The topological polar surface area (TPSA) is 74.1 Å². The normalized spacial score (nSPS) is 12.2. The van der Waals surface area contributed by atoms with Crippen molar-refractivity contribution in [2.75, 3.05) is 19.2 Å². The van der Waals surface area contributed by atoms with E-state index >= 15 is 0 Å². The summed E-state index contributed by atoms with van der Waals surface area (Å²) in [5, 5.41) is 2.96. The van der Waals surface area contributed by atoms with Crippen molar-refractivity contribution in [1.29, 1.82) is 0 Å². The fourth-order valence-corrected chi connectivity index (χ4v) is 3.69. The zero-order valence-electron chi connectivity index (χ0n) is 17.2. The number of rotatable bonds is 5. The summed E-state index contributed by atoms with van der Waals surface area (Å²) in [5.74, 6) is 1.79. The number of aromatic nitrogens is 2. The molecule has 0 saturated heterocycles. The highest BCUT2D eigenvalue weighted by Gasteiger charge is 2.16. The van der Waals surface area contributed by atoms with Gasteiger partial charge < -0.3 is 23.9 Å². The number of hydrogen-bond donors (Lipinski definition) is 1. The minimum atomic E-state index is -0.153. The van der Waals surface area contributed by atoms with Crippen LogP contribution in [0.2, 0.25) is 0 Å². The summed E-state index contributed by atoms with van der Waals surface area (Å²) in [6.45, 7) is 2.24. The maximum Gasteiger partial charge on any atom is 0.231 e. The molecular weight excluding hydrogens is 394 g/mol. The van der Waals surface area contributed by atoms with Crippen molar-refractivity contribution in [3.8, 4) is 28.5 Å². The number of methoxy groups -OCH3 is 1. The molecular formula is C24H21N3O4. The largest absolute Gasteiger partial charge is 0.495 e. The van der Waals surface area contributed by atoms with E-state index in [2.05, 4.69) is 5.32 Å². The van der Waals surface area contributed by atoms with Crippen LogP contribution >= 0.6 is 0 Å². The number of aryl methyl sites for hydroxylation is 1. The second-order valence-corrected chi connectivity index (χ2v) is 7.38. The fraction of sp³-hybridized carbons (Fsp3) is 0.167. The van der Waals surface area contributed by atoms with Crippen molar-refractivity contribution in [1.82, 2.24) is 9.38 Å². The van der Waals surface area contributed by atoms with Crippen LogP contribution in [-0.4, -0.2) is 29.2 Å². The Labute approximate surface area is 179 Å². The molecule has 1 aliphatic heterocycles. The van der Waals surface area contributed by atoms with Gasteiger partial charge in [0.15, 0.2) is 11.5 Å². The third-order valence-corrected chi connectivity index (χ3v) is 5.25. The zero-order valence-corrected chi connectivity index (χ0v) is 17.2. The smallest absolute Gasteiger partial charge is 0.231 e. The molecule has 0 saturated carbocycles. The molecule has 31 heavy (non-hydrogen) atoms. The quantitative estimate of drug-likeness (QED) is 0.528. The first-order valence-corrected chi connectivity index (χ1v) is 9.92. The van der Waals surface area contributed by atoms with Crippen LogP contribution in [0, 0.1) is 6.92 Å². The van der Waals surface area contributed by atoms with Crippen LogP contribution in [0.3, 0.4) is 0 Å². The van der Waals surface area contributed by atoms with Crippen LogP contribution < -0.4 is 19.5 Å². The summed E-state index contributed by atoms with van der Waals surface area (Å²) in [4.78, 5) is 17.5. The van der Waals surface area contributed by atoms with Gasteiger partial charge in [-0.05, 0) is 54.4 Å². The molecule has 0 aliphatic carbocycles.